The summed E-state index contributed by atoms with van der Waals surface area (Å²) < 4.78 is 0. The van der Waals surface area contributed by atoms with Crippen LogP contribution in [0.2, 0.25) is 0 Å². The molecular formula is C18H24N4O2. The Bertz CT molecular complexity index is 713. The first-order valence-corrected chi connectivity index (χ1v) is 8.15. The predicted octanol–water partition coefficient (Wildman–Crippen LogP) is 2.69. The van der Waals surface area contributed by atoms with Gasteiger partial charge in [0.1, 0.15) is 0 Å². The molecule has 2 N–H and O–H groups in total. The number of nitrogens with zero attached hydrogens (tertiary/aromatic N) is 2. The fraction of sp³-hybridized carbons (Fsp3) is 0.389. The van der Waals surface area contributed by atoms with E-state index in [0.29, 0.717) is 24.3 Å². The minimum Gasteiger partial charge on any atom is -0.339 e. The molecule has 0 aliphatic rings. The molecule has 1 heterocycles. The highest BCUT2D eigenvalue weighted by Gasteiger charge is 2.14. The molecule has 6 nitrogen and oxygen atoms in total. The van der Waals surface area contributed by atoms with Gasteiger partial charge in [0, 0.05) is 35.6 Å². The van der Waals surface area contributed by atoms with E-state index in [9.17, 15) is 9.59 Å². The molecule has 1 aromatic carbocycles. The molecule has 0 aliphatic carbocycles. The molecule has 0 spiro atoms. The van der Waals surface area contributed by atoms with E-state index >= 15 is 0 Å². The Labute approximate surface area is 142 Å². The topological polar surface area (TPSA) is 78.1 Å². The molecule has 0 saturated carbocycles. The molecule has 1 aromatic heterocycles. The smallest absolute Gasteiger partial charge is 0.253 e. The summed E-state index contributed by atoms with van der Waals surface area (Å²) in [6.45, 7) is 8.97. The second-order valence-electron chi connectivity index (χ2n) is 5.70. The number of carbonyl (C=O) groups excluding carboxylic acids is 2. The fourth-order valence-electron chi connectivity index (χ4n) is 2.62. The largest absolute Gasteiger partial charge is 0.339 e. The Balaban J connectivity index is 2.09. The van der Waals surface area contributed by atoms with E-state index in [2.05, 4.69) is 15.5 Å². The summed E-state index contributed by atoms with van der Waals surface area (Å²) in [7, 11) is 0. The number of hydrogen-bond donors (Lipinski definition) is 2. The van der Waals surface area contributed by atoms with Crippen molar-refractivity contribution >= 4 is 17.5 Å². The van der Waals surface area contributed by atoms with Crippen molar-refractivity contribution in [3.8, 4) is 0 Å². The van der Waals surface area contributed by atoms with Gasteiger partial charge >= 0.3 is 0 Å². The molecule has 24 heavy (non-hydrogen) atoms. The number of aryl methyl sites for hydroxylation is 2. The average molecular weight is 328 g/mol. The number of rotatable bonds is 6. The number of hydrogen-bond acceptors (Lipinski definition) is 3. The van der Waals surface area contributed by atoms with Gasteiger partial charge in [0.15, 0.2) is 0 Å². The number of carbonyl (C=O) groups is 2. The molecule has 0 radical (unpaired) electrons. The minimum atomic E-state index is -0.130. The van der Waals surface area contributed by atoms with Crippen molar-refractivity contribution in [3.63, 3.8) is 0 Å². The molecule has 2 rings (SSSR count). The second-order valence-corrected chi connectivity index (χ2v) is 5.70. The molecule has 128 valence electrons. The Kier molecular flexibility index (Phi) is 5.73. The molecule has 0 fully saturated rings. The number of aromatic amines is 1. The summed E-state index contributed by atoms with van der Waals surface area (Å²) in [5.74, 6) is -0.160. The van der Waals surface area contributed by atoms with Crippen molar-refractivity contribution in [1.82, 2.24) is 15.1 Å². The van der Waals surface area contributed by atoms with Crippen molar-refractivity contribution in [2.75, 3.05) is 18.4 Å². The SMILES string of the molecule is CCN(CC)C(=O)c1cccc(NC(=O)Cc2c(C)n[nH]c2C)c1. The lowest BCUT2D eigenvalue weighted by atomic mass is 10.1. The van der Waals surface area contributed by atoms with E-state index in [1.54, 1.807) is 29.2 Å². The first kappa shape index (κ1) is 17.7. The molecule has 0 aliphatic heterocycles. The Hall–Kier alpha value is -2.63. The number of anilines is 1. The third-order valence-electron chi connectivity index (χ3n) is 4.06. The number of amides is 2. The van der Waals surface area contributed by atoms with Crippen LogP contribution in [0.25, 0.3) is 0 Å². The van der Waals surface area contributed by atoms with E-state index in [-0.39, 0.29) is 18.2 Å². The summed E-state index contributed by atoms with van der Waals surface area (Å²) in [5, 5.41) is 9.83. The highest BCUT2D eigenvalue weighted by molar-refractivity contribution is 5.97. The standard InChI is InChI=1S/C18H24N4O2/c1-5-22(6-2)18(24)14-8-7-9-15(10-14)19-17(23)11-16-12(3)20-21-13(16)4/h7-10H,5-6,11H2,1-4H3,(H,19,23)(H,20,21). The van der Waals surface area contributed by atoms with Crippen LogP contribution in [-0.2, 0) is 11.2 Å². The third kappa shape index (κ3) is 4.01. The average Bonchev–Trinajstić information content (AvgIpc) is 2.88. The van der Waals surface area contributed by atoms with E-state index < -0.39 is 0 Å². The normalized spacial score (nSPS) is 10.5. The van der Waals surface area contributed by atoms with Gasteiger partial charge in [-0.15, -0.1) is 0 Å². The minimum absolute atomic E-state index is 0.0300. The van der Waals surface area contributed by atoms with Gasteiger partial charge in [-0.3, -0.25) is 14.7 Å². The van der Waals surface area contributed by atoms with Gasteiger partial charge in [-0.1, -0.05) is 6.07 Å². The van der Waals surface area contributed by atoms with Crippen molar-refractivity contribution in [2.45, 2.75) is 34.1 Å². The van der Waals surface area contributed by atoms with Crippen LogP contribution in [0.3, 0.4) is 0 Å². The second kappa shape index (κ2) is 7.77. The maximum Gasteiger partial charge on any atom is 0.253 e. The summed E-state index contributed by atoms with van der Waals surface area (Å²) in [6.07, 6.45) is 0.252. The Morgan fingerprint density at radius 1 is 1.21 bits per heavy atom. The van der Waals surface area contributed by atoms with Crippen LogP contribution in [0.5, 0.6) is 0 Å². The highest BCUT2D eigenvalue weighted by atomic mass is 16.2. The number of H-pyrrole nitrogens is 1. The lowest BCUT2D eigenvalue weighted by molar-refractivity contribution is -0.115. The zero-order valence-corrected chi connectivity index (χ0v) is 14.6. The fourth-order valence-corrected chi connectivity index (χ4v) is 2.62. The summed E-state index contributed by atoms with van der Waals surface area (Å²) in [6, 6.07) is 7.04. The van der Waals surface area contributed by atoms with E-state index in [4.69, 9.17) is 0 Å². The number of benzene rings is 1. The van der Waals surface area contributed by atoms with Crippen molar-refractivity contribution in [1.29, 1.82) is 0 Å². The molecule has 0 unspecified atom stereocenters. The van der Waals surface area contributed by atoms with E-state index in [1.807, 2.05) is 27.7 Å². The highest BCUT2D eigenvalue weighted by Crippen LogP contribution is 2.15. The molecule has 2 aromatic rings. The zero-order chi connectivity index (χ0) is 17.7. The van der Waals surface area contributed by atoms with Gasteiger partial charge in [-0.2, -0.15) is 5.10 Å². The van der Waals surface area contributed by atoms with E-state index in [0.717, 1.165) is 17.0 Å². The zero-order valence-electron chi connectivity index (χ0n) is 14.6. The molecular weight excluding hydrogens is 304 g/mol. The maximum absolute atomic E-state index is 12.4. The lowest BCUT2D eigenvalue weighted by Crippen LogP contribution is -2.30. The molecule has 0 saturated heterocycles. The van der Waals surface area contributed by atoms with Gasteiger partial charge in [0.05, 0.1) is 12.1 Å². The summed E-state index contributed by atoms with van der Waals surface area (Å²) in [4.78, 5) is 26.4. The van der Waals surface area contributed by atoms with Crippen LogP contribution >= 0.6 is 0 Å². The first-order chi connectivity index (χ1) is 11.5. The molecule has 6 heteroatoms. The molecule has 2 amide bonds. The van der Waals surface area contributed by atoms with Crippen LogP contribution in [0, 0.1) is 13.8 Å². The predicted molar refractivity (Wildman–Crippen MR) is 94.1 cm³/mol. The van der Waals surface area contributed by atoms with Crippen LogP contribution < -0.4 is 5.32 Å². The number of nitrogens with one attached hydrogen (secondary N) is 2. The van der Waals surface area contributed by atoms with Gasteiger partial charge in [-0.25, -0.2) is 0 Å². The maximum atomic E-state index is 12.4. The molecule has 0 atom stereocenters. The first-order valence-electron chi connectivity index (χ1n) is 8.15. The summed E-state index contributed by atoms with van der Waals surface area (Å²) in [5.41, 5.74) is 3.83. The summed E-state index contributed by atoms with van der Waals surface area (Å²) >= 11 is 0. The van der Waals surface area contributed by atoms with Crippen molar-refractivity contribution in [3.05, 3.63) is 46.8 Å². The lowest BCUT2D eigenvalue weighted by Gasteiger charge is -2.19. The number of aromatic nitrogens is 2. The Morgan fingerprint density at radius 2 is 1.92 bits per heavy atom. The van der Waals surface area contributed by atoms with E-state index in [1.165, 1.54) is 0 Å². The van der Waals surface area contributed by atoms with Crippen LogP contribution in [-0.4, -0.2) is 40.0 Å². The van der Waals surface area contributed by atoms with Crippen LogP contribution in [0.15, 0.2) is 24.3 Å². The van der Waals surface area contributed by atoms with Crippen molar-refractivity contribution < 1.29 is 9.59 Å². The van der Waals surface area contributed by atoms with Gasteiger partial charge in [-0.05, 0) is 45.9 Å². The van der Waals surface area contributed by atoms with Crippen LogP contribution in [0.1, 0.15) is 41.2 Å². The van der Waals surface area contributed by atoms with Gasteiger partial charge < -0.3 is 10.2 Å². The molecule has 0 bridgehead atoms. The monoisotopic (exact) mass is 328 g/mol. The van der Waals surface area contributed by atoms with Crippen LogP contribution in [0.4, 0.5) is 5.69 Å². The quantitative estimate of drug-likeness (QED) is 0.856. The Morgan fingerprint density at radius 3 is 2.50 bits per heavy atom. The van der Waals surface area contributed by atoms with Gasteiger partial charge in [0.2, 0.25) is 5.91 Å². The van der Waals surface area contributed by atoms with Gasteiger partial charge in [0.25, 0.3) is 5.91 Å². The van der Waals surface area contributed by atoms with Crippen molar-refractivity contribution in [2.24, 2.45) is 0 Å². The third-order valence-corrected chi connectivity index (χ3v) is 4.06.